The fraction of sp³-hybridized carbons (Fsp3) is 0.182. The van der Waals surface area contributed by atoms with E-state index in [0.29, 0.717) is 6.29 Å². The van der Waals surface area contributed by atoms with E-state index in [1.54, 1.807) is 0 Å². The molecule has 0 aliphatic carbocycles. The third kappa shape index (κ3) is 4.79. The van der Waals surface area contributed by atoms with Gasteiger partial charge in [0.05, 0.1) is 5.88 Å². The molecule has 1 aromatic carbocycles. The highest BCUT2D eigenvalue weighted by molar-refractivity contribution is 6.19. The van der Waals surface area contributed by atoms with Crippen molar-refractivity contribution in [1.29, 1.82) is 0 Å². The van der Waals surface area contributed by atoms with Crippen molar-refractivity contribution in [2.24, 2.45) is 0 Å². The molecule has 0 unspecified atom stereocenters. The van der Waals surface area contributed by atoms with Gasteiger partial charge >= 0.3 is 6.36 Å². The van der Waals surface area contributed by atoms with E-state index in [2.05, 4.69) is 16.6 Å². The molecule has 0 N–H and O–H groups in total. The van der Waals surface area contributed by atoms with Crippen molar-refractivity contribution >= 4 is 17.9 Å². The average molecular weight is 263 g/mol. The van der Waals surface area contributed by atoms with Gasteiger partial charge in [-0.05, 0) is 18.2 Å². The Morgan fingerprint density at radius 1 is 1.35 bits per heavy atom. The minimum atomic E-state index is -4.81. The number of rotatable bonds is 2. The van der Waals surface area contributed by atoms with Gasteiger partial charge in [0.2, 0.25) is 0 Å². The molecule has 0 fully saturated rings. The first-order valence-corrected chi connectivity index (χ1v) is 4.89. The maximum atomic E-state index is 12.0. The smallest absolute Gasteiger partial charge is 0.406 e. The monoisotopic (exact) mass is 262 g/mol. The Morgan fingerprint density at radius 3 is 2.59 bits per heavy atom. The van der Waals surface area contributed by atoms with Crippen LogP contribution < -0.4 is 4.74 Å². The second kappa shape index (κ2) is 5.60. The molecule has 0 spiro atoms. The van der Waals surface area contributed by atoms with Crippen LogP contribution in [0.1, 0.15) is 15.9 Å². The fourth-order valence-electron chi connectivity index (χ4n) is 1.09. The quantitative estimate of drug-likeness (QED) is 0.465. The van der Waals surface area contributed by atoms with Gasteiger partial charge in [0.15, 0.2) is 0 Å². The number of hydrogen-bond acceptors (Lipinski definition) is 2. The Balaban J connectivity index is 3.09. The lowest BCUT2D eigenvalue weighted by Gasteiger charge is -2.09. The number of carbonyl (C=O) groups is 1. The minimum Gasteiger partial charge on any atom is -0.406 e. The van der Waals surface area contributed by atoms with Gasteiger partial charge in [-0.2, -0.15) is 0 Å². The molecule has 6 heteroatoms. The molecule has 2 nitrogen and oxygen atoms in total. The Labute approximate surface area is 100 Å². The summed E-state index contributed by atoms with van der Waals surface area (Å²) in [5.74, 6) is 4.53. The number of aldehydes is 1. The van der Waals surface area contributed by atoms with Crippen LogP contribution in [0.3, 0.4) is 0 Å². The van der Waals surface area contributed by atoms with Crippen LogP contribution in [-0.2, 0) is 0 Å². The number of carbonyl (C=O) groups excluding carboxylic acids is 1. The standard InChI is InChI=1S/C11H6ClF3O2/c12-3-1-2-8-4-9(7-16)6-10(5-8)17-11(13,14)15/h4-7H,3H2. The molecule has 0 saturated carbocycles. The minimum absolute atomic E-state index is 0.0424. The summed E-state index contributed by atoms with van der Waals surface area (Å²) in [6.07, 6.45) is -4.40. The van der Waals surface area contributed by atoms with Gasteiger partial charge < -0.3 is 4.74 Å². The second-order valence-electron chi connectivity index (χ2n) is 2.89. The summed E-state index contributed by atoms with van der Waals surface area (Å²) < 4.78 is 39.7. The molecule has 0 aliphatic heterocycles. The molecule has 0 radical (unpaired) electrons. The average Bonchev–Trinajstić information content (AvgIpc) is 2.23. The van der Waals surface area contributed by atoms with Gasteiger partial charge in [-0.1, -0.05) is 11.8 Å². The van der Waals surface area contributed by atoms with E-state index in [1.807, 2.05) is 0 Å². The van der Waals surface area contributed by atoms with Crippen molar-refractivity contribution in [2.75, 3.05) is 5.88 Å². The van der Waals surface area contributed by atoms with Crippen molar-refractivity contribution in [3.8, 4) is 17.6 Å². The largest absolute Gasteiger partial charge is 0.573 e. The van der Waals surface area contributed by atoms with Gasteiger partial charge in [0.25, 0.3) is 0 Å². The van der Waals surface area contributed by atoms with E-state index in [0.717, 1.165) is 12.1 Å². The Morgan fingerprint density at radius 2 is 2.06 bits per heavy atom. The van der Waals surface area contributed by atoms with Crippen LogP contribution in [0.5, 0.6) is 5.75 Å². The van der Waals surface area contributed by atoms with Crippen molar-refractivity contribution in [3.05, 3.63) is 29.3 Å². The van der Waals surface area contributed by atoms with Crippen molar-refractivity contribution in [3.63, 3.8) is 0 Å². The molecule has 0 aliphatic rings. The zero-order valence-electron chi connectivity index (χ0n) is 8.34. The van der Waals surface area contributed by atoms with Gasteiger partial charge in [0, 0.05) is 11.1 Å². The molecule has 0 amide bonds. The fourth-order valence-corrected chi connectivity index (χ4v) is 1.16. The van der Waals surface area contributed by atoms with Gasteiger partial charge in [-0.3, -0.25) is 4.79 Å². The summed E-state index contributed by atoms with van der Waals surface area (Å²) in [4.78, 5) is 10.5. The molecule has 17 heavy (non-hydrogen) atoms. The predicted octanol–water partition coefficient (Wildman–Crippen LogP) is 2.99. The van der Waals surface area contributed by atoms with Crippen LogP contribution in [0.2, 0.25) is 0 Å². The first-order valence-electron chi connectivity index (χ1n) is 4.35. The predicted molar refractivity (Wildman–Crippen MR) is 56.1 cm³/mol. The van der Waals surface area contributed by atoms with E-state index in [-0.39, 0.29) is 17.0 Å². The molecular weight excluding hydrogens is 257 g/mol. The summed E-state index contributed by atoms with van der Waals surface area (Å²) in [6, 6.07) is 3.40. The van der Waals surface area contributed by atoms with Crippen molar-refractivity contribution < 1.29 is 22.7 Å². The highest BCUT2D eigenvalue weighted by Crippen LogP contribution is 2.24. The summed E-state index contributed by atoms with van der Waals surface area (Å²) >= 11 is 5.32. The molecule has 1 aromatic rings. The van der Waals surface area contributed by atoms with Gasteiger partial charge in [0.1, 0.15) is 12.0 Å². The SMILES string of the molecule is O=Cc1cc(C#CCCl)cc(OC(F)(F)F)c1. The number of ether oxygens (including phenoxy) is 1. The maximum absolute atomic E-state index is 12.0. The lowest BCUT2D eigenvalue weighted by molar-refractivity contribution is -0.274. The summed E-state index contributed by atoms with van der Waals surface area (Å²) in [7, 11) is 0. The second-order valence-corrected chi connectivity index (χ2v) is 3.16. The molecular formula is C11H6ClF3O2. The lowest BCUT2D eigenvalue weighted by Crippen LogP contribution is -2.17. The third-order valence-electron chi connectivity index (χ3n) is 1.60. The van der Waals surface area contributed by atoms with E-state index < -0.39 is 12.1 Å². The Bertz CT molecular complexity index is 472. The summed E-state index contributed by atoms with van der Waals surface area (Å²) in [5, 5.41) is 0. The van der Waals surface area contributed by atoms with Gasteiger partial charge in [-0.25, -0.2) is 0 Å². The highest BCUT2D eigenvalue weighted by atomic mass is 35.5. The molecule has 0 heterocycles. The summed E-state index contributed by atoms with van der Waals surface area (Å²) in [5.41, 5.74) is 0.278. The first kappa shape index (κ1) is 13.4. The number of alkyl halides is 4. The van der Waals surface area contributed by atoms with Crippen LogP contribution in [-0.4, -0.2) is 18.5 Å². The Kier molecular flexibility index (Phi) is 4.41. The van der Waals surface area contributed by atoms with E-state index in [9.17, 15) is 18.0 Å². The van der Waals surface area contributed by atoms with Crippen molar-refractivity contribution in [1.82, 2.24) is 0 Å². The molecule has 1 rings (SSSR count). The first-order chi connectivity index (χ1) is 7.94. The zero-order chi connectivity index (χ0) is 12.9. The van der Waals surface area contributed by atoms with Crippen LogP contribution in [0.4, 0.5) is 13.2 Å². The van der Waals surface area contributed by atoms with Crippen LogP contribution in [0.25, 0.3) is 0 Å². The Hall–Kier alpha value is -1.67. The van der Waals surface area contributed by atoms with E-state index in [4.69, 9.17) is 11.6 Å². The van der Waals surface area contributed by atoms with Crippen LogP contribution in [0.15, 0.2) is 18.2 Å². The number of hydrogen-bond donors (Lipinski definition) is 0. The molecule has 0 bridgehead atoms. The van der Waals surface area contributed by atoms with E-state index in [1.165, 1.54) is 6.07 Å². The van der Waals surface area contributed by atoms with Gasteiger partial charge in [-0.15, -0.1) is 24.8 Å². The molecule has 90 valence electrons. The highest BCUT2D eigenvalue weighted by Gasteiger charge is 2.31. The number of benzene rings is 1. The molecule has 0 aromatic heterocycles. The molecule has 0 saturated heterocycles. The zero-order valence-corrected chi connectivity index (χ0v) is 9.10. The van der Waals surface area contributed by atoms with Crippen LogP contribution in [0, 0.1) is 11.8 Å². The normalized spacial score (nSPS) is 10.4. The van der Waals surface area contributed by atoms with Crippen molar-refractivity contribution in [2.45, 2.75) is 6.36 Å². The molecule has 0 atom stereocenters. The summed E-state index contributed by atoms with van der Waals surface area (Å²) in [6.45, 7) is 0. The van der Waals surface area contributed by atoms with E-state index >= 15 is 0 Å². The number of halogens is 4. The topological polar surface area (TPSA) is 26.3 Å². The lowest BCUT2D eigenvalue weighted by atomic mass is 10.1. The maximum Gasteiger partial charge on any atom is 0.573 e. The third-order valence-corrected chi connectivity index (χ3v) is 1.73. The van der Waals surface area contributed by atoms with Crippen LogP contribution >= 0.6 is 11.6 Å².